The number of carbonyl (C=O) groups excluding carboxylic acids is 1. The van der Waals surface area contributed by atoms with Gasteiger partial charge in [0.15, 0.2) is 0 Å². The molecule has 0 saturated heterocycles. The van der Waals surface area contributed by atoms with E-state index >= 15 is 0 Å². The summed E-state index contributed by atoms with van der Waals surface area (Å²) in [6.45, 7) is 6.44. The molecule has 0 saturated carbocycles. The van der Waals surface area contributed by atoms with Crippen LogP contribution in [0.4, 0.5) is 0 Å². The SMILES string of the molecule is CCC(=O)[C@H](CC(=O)O)NCC(C)C. The highest BCUT2D eigenvalue weighted by atomic mass is 16.4. The first-order valence-corrected chi connectivity index (χ1v) is 4.95. The van der Waals surface area contributed by atoms with Gasteiger partial charge in [0.05, 0.1) is 12.5 Å². The van der Waals surface area contributed by atoms with Gasteiger partial charge >= 0.3 is 5.97 Å². The summed E-state index contributed by atoms with van der Waals surface area (Å²) in [5, 5.41) is 11.6. The van der Waals surface area contributed by atoms with Gasteiger partial charge in [0, 0.05) is 6.42 Å². The number of rotatable bonds is 7. The van der Waals surface area contributed by atoms with Crippen LogP contribution in [0.1, 0.15) is 33.6 Å². The molecular formula is C10H19NO3. The summed E-state index contributed by atoms with van der Waals surface area (Å²) in [4.78, 5) is 21.8. The lowest BCUT2D eigenvalue weighted by molar-refractivity contribution is -0.139. The third-order valence-corrected chi connectivity index (χ3v) is 1.89. The second-order valence-electron chi connectivity index (χ2n) is 3.77. The predicted octanol–water partition coefficient (Wildman–Crippen LogP) is 1.05. The maximum atomic E-state index is 11.3. The van der Waals surface area contributed by atoms with Gasteiger partial charge in [-0.05, 0) is 12.5 Å². The smallest absolute Gasteiger partial charge is 0.305 e. The molecule has 0 aromatic heterocycles. The van der Waals surface area contributed by atoms with E-state index in [2.05, 4.69) is 5.32 Å². The standard InChI is InChI=1S/C10H19NO3/c1-4-9(12)8(5-10(13)14)11-6-7(2)3/h7-8,11H,4-6H2,1-3H3,(H,13,14)/t8-/m0/s1. The molecule has 0 amide bonds. The summed E-state index contributed by atoms with van der Waals surface area (Å²) in [7, 11) is 0. The molecule has 0 radical (unpaired) electrons. The molecule has 0 spiro atoms. The first kappa shape index (κ1) is 13.1. The number of carbonyl (C=O) groups is 2. The van der Waals surface area contributed by atoms with Gasteiger partial charge in [-0.1, -0.05) is 20.8 Å². The Balaban J connectivity index is 4.10. The van der Waals surface area contributed by atoms with E-state index in [0.717, 1.165) is 0 Å². The number of aliphatic carboxylic acids is 1. The molecule has 0 heterocycles. The molecule has 0 aromatic carbocycles. The highest BCUT2D eigenvalue weighted by Gasteiger charge is 2.19. The fraction of sp³-hybridized carbons (Fsp3) is 0.800. The number of carboxylic acids is 1. The molecule has 0 bridgehead atoms. The molecule has 2 N–H and O–H groups in total. The molecule has 0 aliphatic heterocycles. The van der Waals surface area contributed by atoms with E-state index in [1.54, 1.807) is 6.92 Å². The van der Waals surface area contributed by atoms with Crippen molar-refractivity contribution >= 4 is 11.8 Å². The monoisotopic (exact) mass is 201 g/mol. The van der Waals surface area contributed by atoms with Gasteiger partial charge in [0.2, 0.25) is 0 Å². The molecule has 0 aromatic rings. The lowest BCUT2D eigenvalue weighted by Crippen LogP contribution is -2.40. The first-order valence-electron chi connectivity index (χ1n) is 4.95. The van der Waals surface area contributed by atoms with Crippen molar-refractivity contribution in [2.24, 2.45) is 5.92 Å². The Morgan fingerprint density at radius 1 is 1.36 bits per heavy atom. The van der Waals surface area contributed by atoms with Gasteiger partial charge < -0.3 is 10.4 Å². The summed E-state index contributed by atoms with van der Waals surface area (Å²) >= 11 is 0. The normalized spacial score (nSPS) is 12.9. The van der Waals surface area contributed by atoms with Gasteiger partial charge in [0.1, 0.15) is 5.78 Å². The van der Waals surface area contributed by atoms with E-state index in [4.69, 9.17) is 5.11 Å². The predicted molar refractivity (Wildman–Crippen MR) is 54.2 cm³/mol. The lowest BCUT2D eigenvalue weighted by Gasteiger charge is -2.16. The summed E-state index contributed by atoms with van der Waals surface area (Å²) in [5.74, 6) is -0.558. The minimum Gasteiger partial charge on any atom is -0.481 e. The van der Waals surface area contributed by atoms with Crippen molar-refractivity contribution < 1.29 is 14.7 Å². The Labute approximate surface area is 84.7 Å². The second kappa shape index (κ2) is 6.54. The van der Waals surface area contributed by atoms with Crippen LogP contribution >= 0.6 is 0 Å². The fourth-order valence-electron chi connectivity index (χ4n) is 1.10. The van der Waals surface area contributed by atoms with Crippen LogP contribution in [0, 0.1) is 5.92 Å². The summed E-state index contributed by atoms with van der Waals surface area (Å²) < 4.78 is 0. The largest absolute Gasteiger partial charge is 0.481 e. The number of carboxylic acid groups (broad SMARTS) is 1. The Kier molecular flexibility index (Phi) is 6.12. The van der Waals surface area contributed by atoms with E-state index in [9.17, 15) is 9.59 Å². The summed E-state index contributed by atoms with van der Waals surface area (Å²) in [6, 6.07) is -0.528. The van der Waals surface area contributed by atoms with Crippen LogP contribution in [-0.4, -0.2) is 29.4 Å². The molecule has 4 nitrogen and oxygen atoms in total. The van der Waals surface area contributed by atoms with Gasteiger partial charge in [-0.25, -0.2) is 0 Å². The van der Waals surface area contributed by atoms with Gasteiger partial charge in [-0.2, -0.15) is 0 Å². The highest BCUT2D eigenvalue weighted by Crippen LogP contribution is 1.99. The number of ketones is 1. The molecule has 1 atom stereocenters. The van der Waals surface area contributed by atoms with Gasteiger partial charge in [0.25, 0.3) is 0 Å². The third kappa shape index (κ3) is 5.70. The number of hydrogen-bond donors (Lipinski definition) is 2. The van der Waals surface area contributed by atoms with Crippen molar-refractivity contribution in [1.82, 2.24) is 5.32 Å². The van der Waals surface area contributed by atoms with Gasteiger partial charge in [-0.15, -0.1) is 0 Å². The lowest BCUT2D eigenvalue weighted by atomic mass is 10.1. The molecule has 82 valence electrons. The van der Waals surface area contributed by atoms with E-state index in [-0.39, 0.29) is 12.2 Å². The zero-order valence-electron chi connectivity index (χ0n) is 9.04. The first-order chi connectivity index (χ1) is 6.47. The average molecular weight is 201 g/mol. The van der Waals surface area contributed by atoms with E-state index in [1.165, 1.54) is 0 Å². The zero-order valence-corrected chi connectivity index (χ0v) is 9.04. The second-order valence-corrected chi connectivity index (χ2v) is 3.77. The van der Waals surface area contributed by atoms with E-state index in [0.29, 0.717) is 18.9 Å². The van der Waals surface area contributed by atoms with Crippen molar-refractivity contribution in [3.8, 4) is 0 Å². The molecule has 0 fully saturated rings. The molecule has 14 heavy (non-hydrogen) atoms. The minimum atomic E-state index is -0.937. The molecule has 0 unspecified atom stereocenters. The molecule has 4 heteroatoms. The van der Waals surface area contributed by atoms with Crippen molar-refractivity contribution in [2.75, 3.05) is 6.54 Å². The summed E-state index contributed by atoms with van der Waals surface area (Å²) in [6.07, 6.45) is 0.252. The van der Waals surface area contributed by atoms with Crippen molar-refractivity contribution in [3.05, 3.63) is 0 Å². The molecular weight excluding hydrogens is 182 g/mol. The van der Waals surface area contributed by atoms with Crippen LogP contribution in [0.3, 0.4) is 0 Å². The Morgan fingerprint density at radius 2 is 1.93 bits per heavy atom. The number of hydrogen-bond acceptors (Lipinski definition) is 3. The van der Waals surface area contributed by atoms with Crippen LogP contribution in [0.15, 0.2) is 0 Å². The fourth-order valence-corrected chi connectivity index (χ4v) is 1.10. The third-order valence-electron chi connectivity index (χ3n) is 1.89. The number of nitrogens with one attached hydrogen (secondary N) is 1. The van der Waals surface area contributed by atoms with Crippen LogP contribution in [0.5, 0.6) is 0 Å². The zero-order chi connectivity index (χ0) is 11.1. The van der Waals surface area contributed by atoms with Gasteiger partial charge in [-0.3, -0.25) is 9.59 Å². The molecule has 0 aliphatic rings. The average Bonchev–Trinajstić information content (AvgIpc) is 2.10. The van der Waals surface area contributed by atoms with E-state index in [1.807, 2.05) is 13.8 Å². The Morgan fingerprint density at radius 3 is 2.29 bits per heavy atom. The Hall–Kier alpha value is -0.900. The van der Waals surface area contributed by atoms with Crippen LogP contribution < -0.4 is 5.32 Å². The summed E-state index contributed by atoms with van der Waals surface area (Å²) in [5.41, 5.74) is 0. The van der Waals surface area contributed by atoms with Crippen molar-refractivity contribution in [2.45, 2.75) is 39.7 Å². The van der Waals surface area contributed by atoms with Crippen LogP contribution in [0.2, 0.25) is 0 Å². The minimum absolute atomic E-state index is 0.0342. The van der Waals surface area contributed by atoms with E-state index < -0.39 is 12.0 Å². The van der Waals surface area contributed by atoms with Crippen LogP contribution in [0.25, 0.3) is 0 Å². The number of Topliss-reactive ketones (excluding diaryl/α,β-unsaturated/α-hetero) is 1. The van der Waals surface area contributed by atoms with Crippen LogP contribution in [-0.2, 0) is 9.59 Å². The van der Waals surface area contributed by atoms with Crippen molar-refractivity contribution in [1.29, 1.82) is 0 Å². The quantitative estimate of drug-likeness (QED) is 0.646. The van der Waals surface area contributed by atoms with Crippen molar-refractivity contribution in [3.63, 3.8) is 0 Å². The molecule has 0 rings (SSSR count). The highest BCUT2D eigenvalue weighted by molar-refractivity contribution is 5.87. The topological polar surface area (TPSA) is 66.4 Å². The maximum Gasteiger partial charge on any atom is 0.305 e. The molecule has 0 aliphatic carbocycles. The maximum absolute atomic E-state index is 11.3. The Bertz CT molecular complexity index is 202.